The number of rotatable bonds is 4. The summed E-state index contributed by atoms with van der Waals surface area (Å²) < 4.78 is 0. The lowest BCUT2D eigenvalue weighted by Crippen LogP contribution is -1.93. The lowest BCUT2D eigenvalue weighted by Gasteiger charge is -2.10. The zero-order valence-electron chi connectivity index (χ0n) is 9.43. The molecule has 0 aromatic heterocycles. The van der Waals surface area contributed by atoms with Crippen LogP contribution < -0.4 is 0 Å². The minimum Gasteiger partial charge on any atom is -0.507 e. The molecule has 0 unspecified atom stereocenters. The van der Waals surface area contributed by atoms with Crippen LogP contribution >= 0.6 is 0 Å². The monoisotopic (exact) mass is 192 g/mol. The predicted octanol–water partition coefficient (Wildman–Crippen LogP) is 3.47. The summed E-state index contributed by atoms with van der Waals surface area (Å²) in [4.78, 5) is 0. The lowest BCUT2D eigenvalue weighted by molar-refractivity contribution is 0.461. The molecule has 1 rings (SSSR count). The van der Waals surface area contributed by atoms with Gasteiger partial charge in [0.05, 0.1) is 0 Å². The third-order valence-electron chi connectivity index (χ3n) is 2.64. The zero-order valence-corrected chi connectivity index (χ0v) is 9.43. The van der Waals surface area contributed by atoms with E-state index in [0.717, 1.165) is 36.8 Å². The van der Waals surface area contributed by atoms with E-state index in [1.807, 2.05) is 0 Å². The van der Waals surface area contributed by atoms with Gasteiger partial charge >= 0.3 is 0 Å². The Morgan fingerprint density at radius 2 is 1.64 bits per heavy atom. The molecule has 0 amide bonds. The smallest absolute Gasteiger partial charge is 0.121 e. The van der Waals surface area contributed by atoms with Gasteiger partial charge < -0.3 is 5.11 Å². The highest BCUT2D eigenvalue weighted by atomic mass is 16.3. The molecule has 0 aliphatic carbocycles. The number of hydrogen-bond acceptors (Lipinski definition) is 1. The molecule has 1 nitrogen and oxygen atoms in total. The number of phenols is 1. The van der Waals surface area contributed by atoms with E-state index in [1.54, 1.807) is 0 Å². The van der Waals surface area contributed by atoms with Crippen LogP contribution in [0.1, 0.15) is 43.9 Å². The van der Waals surface area contributed by atoms with E-state index >= 15 is 0 Å². The maximum Gasteiger partial charge on any atom is 0.121 e. The van der Waals surface area contributed by atoms with Crippen LogP contribution in [0.4, 0.5) is 0 Å². The van der Waals surface area contributed by atoms with Crippen molar-refractivity contribution in [2.75, 3.05) is 0 Å². The molecule has 0 saturated carbocycles. The van der Waals surface area contributed by atoms with E-state index in [4.69, 9.17) is 0 Å². The van der Waals surface area contributed by atoms with E-state index in [0.29, 0.717) is 5.75 Å². The van der Waals surface area contributed by atoms with E-state index in [9.17, 15) is 5.11 Å². The van der Waals surface area contributed by atoms with Crippen molar-refractivity contribution in [1.29, 1.82) is 0 Å². The van der Waals surface area contributed by atoms with Crippen LogP contribution in [0.5, 0.6) is 5.75 Å². The number of aryl methyl sites for hydroxylation is 3. The molecule has 78 valence electrons. The molecule has 1 aromatic carbocycles. The van der Waals surface area contributed by atoms with Crippen LogP contribution in [0.15, 0.2) is 12.1 Å². The average Bonchev–Trinajstić information content (AvgIpc) is 2.21. The van der Waals surface area contributed by atoms with Crippen molar-refractivity contribution in [2.45, 2.75) is 46.5 Å². The predicted molar refractivity (Wildman–Crippen MR) is 60.9 cm³/mol. The highest BCUT2D eigenvalue weighted by molar-refractivity contribution is 5.43. The second-order valence-corrected chi connectivity index (χ2v) is 3.72. The molecule has 0 bridgehead atoms. The van der Waals surface area contributed by atoms with Gasteiger partial charge in [-0.3, -0.25) is 0 Å². The quantitative estimate of drug-likeness (QED) is 0.774. The van der Waals surface area contributed by atoms with Gasteiger partial charge in [-0.05, 0) is 36.0 Å². The van der Waals surface area contributed by atoms with Gasteiger partial charge in [0.2, 0.25) is 0 Å². The van der Waals surface area contributed by atoms with Gasteiger partial charge in [-0.15, -0.1) is 0 Å². The van der Waals surface area contributed by atoms with Crippen LogP contribution in [0, 0.1) is 0 Å². The molecule has 0 fully saturated rings. The van der Waals surface area contributed by atoms with Crippen molar-refractivity contribution >= 4 is 0 Å². The van der Waals surface area contributed by atoms with E-state index in [2.05, 4.69) is 32.9 Å². The largest absolute Gasteiger partial charge is 0.507 e. The Morgan fingerprint density at radius 3 is 2.14 bits per heavy atom. The summed E-state index contributed by atoms with van der Waals surface area (Å²) in [6.07, 6.45) is 4.02. The van der Waals surface area contributed by atoms with Crippen molar-refractivity contribution in [2.24, 2.45) is 0 Å². The van der Waals surface area contributed by atoms with Crippen LogP contribution in [-0.4, -0.2) is 5.11 Å². The topological polar surface area (TPSA) is 20.2 Å². The maximum absolute atomic E-state index is 9.94. The molecule has 1 N–H and O–H groups in total. The first kappa shape index (κ1) is 11.1. The van der Waals surface area contributed by atoms with Gasteiger partial charge in [0, 0.05) is 0 Å². The fourth-order valence-corrected chi connectivity index (χ4v) is 1.77. The molecule has 14 heavy (non-hydrogen) atoms. The Balaban J connectivity index is 3.12. The fourth-order valence-electron chi connectivity index (χ4n) is 1.77. The van der Waals surface area contributed by atoms with Gasteiger partial charge in [-0.2, -0.15) is 0 Å². The van der Waals surface area contributed by atoms with Gasteiger partial charge in [0.15, 0.2) is 0 Å². The summed E-state index contributed by atoms with van der Waals surface area (Å²) in [6.45, 7) is 6.38. The third-order valence-corrected chi connectivity index (χ3v) is 2.64. The van der Waals surface area contributed by atoms with E-state index in [1.165, 1.54) is 5.56 Å². The summed E-state index contributed by atoms with van der Waals surface area (Å²) >= 11 is 0. The normalized spacial score (nSPS) is 10.5. The van der Waals surface area contributed by atoms with Crippen LogP contribution in [0.3, 0.4) is 0 Å². The lowest BCUT2D eigenvalue weighted by atomic mass is 9.98. The maximum atomic E-state index is 9.94. The van der Waals surface area contributed by atoms with Crippen molar-refractivity contribution < 1.29 is 5.11 Å². The van der Waals surface area contributed by atoms with E-state index in [-0.39, 0.29) is 0 Å². The van der Waals surface area contributed by atoms with Crippen molar-refractivity contribution in [3.05, 3.63) is 28.8 Å². The third kappa shape index (κ3) is 2.28. The number of hydrogen-bond donors (Lipinski definition) is 1. The number of aromatic hydroxyl groups is 1. The standard InChI is InChI=1S/C13H20O/c1-4-7-12-9-10(5-2)8-11(6-3)13(12)14/h8-9,14H,4-7H2,1-3H3. The molecule has 0 saturated heterocycles. The van der Waals surface area contributed by atoms with Crippen LogP contribution in [0.2, 0.25) is 0 Å². The first-order valence-electron chi connectivity index (χ1n) is 5.56. The minimum absolute atomic E-state index is 0.520. The zero-order chi connectivity index (χ0) is 10.6. The molecular weight excluding hydrogens is 172 g/mol. The fraction of sp³-hybridized carbons (Fsp3) is 0.538. The van der Waals surface area contributed by atoms with Crippen LogP contribution in [0.25, 0.3) is 0 Å². The Bertz CT molecular complexity index is 302. The van der Waals surface area contributed by atoms with Gasteiger partial charge in [-0.1, -0.05) is 39.3 Å². The first-order chi connectivity index (χ1) is 6.72. The Labute approximate surface area is 86.8 Å². The second-order valence-electron chi connectivity index (χ2n) is 3.72. The summed E-state index contributed by atoms with van der Waals surface area (Å²) in [7, 11) is 0. The van der Waals surface area contributed by atoms with Gasteiger partial charge in [0.25, 0.3) is 0 Å². The molecule has 0 aliphatic rings. The molecule has 0 radical (unpaired) electrons. The van der Waals surface area contributed by atoms with Gasteiger partial charge in [0.1, 0.15) is 5.75 Å². The molecule has 0 aliphatic heterocycles. The molecule has 0 spiro atoms. The summed E-state index contributed by atoms with van der Waals surface area (Å²) in [6, 6.07) is 4.26. The van der Waals surface area contributed by atoms with Crippen molar-refractivity contribution in [3.63, 3.8) is 0 Å². The highest BCUT2D eigenvalue weighted by Gasteiger charge is 2.07. The second kappa shape index (κ2) is 5.04. The summed E-state index contributed by atoms with van der Waals surface area (Å²) in [5, 5.41) is 9.94. The van der Waals surface area contributed by atoms with Crippen molar-refractivity contribution in [1.82, 2.24) is 0 Å². The van der Waals surface area contributed by atoms with E-state index < -0.39 is 0 Å². The Hall–Kier alpha value is -0.980. The summed E-state index contributed by atoms with van der Waals surface area (Å²) in [5.41, 5.74) is 3.54. The number of phenolic OH excluding ortho intramolecular Hbond substituents is 1. The summed E-state index contributed by atoms with van der Waals surface area (Å²) in [5.74, 6) is 0.520. The molecular formula is C13H20O. The average molecular weight is 192 g/mol. The Morgan fingerprint density at radius 1 is 1.00 bits per heavy atom. The first-order valence-corrected chi connectivity index (χ1v) is 5.56. The van der Waals surface area contributed by atoms with Crippen molar-refractivity contribution in [3.8, 4) is 5.75 Å². The molecule has 1 aromatic rings. The van der Waals surface area contributed by atoms with Crippen LogP contribution in [-0.2, 0) is 19.3 Å². The molecule has 0 heterocycles. The highest BCUT2D eigenvalue weighted by Crippen LogP contribution is 2.26. The molecule has 0 atom stereocenters. The number of benzene rings is 1. The van der Waals surface area contributed by atoms with Gasteiger partial charge in [-0.25, -0.2) is 0 Å². The molecule has 1 heteroatoms. The SMILES string of the molecule is CCCc1cc(CC)cc(CC)c1O. The Kier molecular flexibility index (Phi) is 3.99. The minimum atomic E-state index is 0.520.